The molecule has 0 fully saturated rings. The van der Waals surface area contributed by atoms with Gasteiger partial charge in [0, 0.05) is 16.4 Å². The molecule has 1 amide bonds. The van der Waals surface area contributed by atoms with Crippen LogP contribution in [0.5, 0.6) is 5.75 Å². The Morgan fingerprint density at radius 3 is 2.22 bits per heavy atom. The molecule has 3 aromatic carbocycles. The molecule has 2 N–H and O–H groups in total. The van der Waals surface area contributed by atoms with Crippen LogP contribution in [-0.2, 0) is 16.0 Å². The zero-order valence-corrected chi connectivity index (χ0v) is 18.6. The fourth-order valence-electron chi connectivity index (χ4n) is 2.94. The number of rotatable bonds is 11. The van der Waals surface area contributed by atoms with Crippen LogP contribution in [-0.4, -0.2) is 36.8 Å². The molecular formula is C25H25NO5S. The number of carbonyl (C=O) groups excluding carboxylic acids is 1. The monoisotopic (exact) mass is 451 g/mol. The lowest BCUT2D eigenvalue weighted by Gasteiger charge is -2.09. The van der Waals surface area contributed by atoms with Gasteiger partial charge in [-0.05, 0) is 61.0 Å². The van der Waals surface area contributed by atoms with E-state index in [4.69, 9.17) is 9.47 Å². The number of carbonyl (C=O) groups is 2. The molecule has 0 heterocycles. The number of para-hydroxylation sites is 1. The number of aromatic carboxylic acids is 1. The summed E-state index contributed by atoms with van der Waals surface area (Å²) < 4.78 is 10.9. The smallest absolute Gasteiger partial charge is 0.337 e. The van der Waals surface area contributed by atoms with Crippen LogP contribution >= 0.6 is 11.8 Å². The van der Waals surface area contributed by atoms with Gasteiger partial charge in [-0.15, -0.1) is 0 Å². The highest BCUT2D eigenvalue weighted by Gasteiger charge is 2.12. The molecule has 7 heteroatoms. The van der Waals surface area contributed by atoms with Crippen LogP contribution < -0.4 is 10.1 Å². The Balaban J connectivity index is 1.52. The highest BCUT2D eigenvalue weighted by atomic mass is 32.2. The van der Waals surface area contributed by atoms with E-state index in [2.05, 4.69) is 5.32 Å². The second-order valence-corrected chi connectivity index (χ2v) is 7.99. The number of anilines is 1. The SMILES string of the molecule is CCOCCOc1ccc(Sc2ccc(CC(=O)Nc3ccccc3C(=O)O)cc2)cc1. The van der Waals surface area contributed by atoms with Crippen molar-refractivity contribution in [3.8, 4) is 5.75 Å². The molecule has 0 radical (unpaired) electrons. The highest BCUT2D eigenvalue weighted by Crippen LogP contribution is 2.29. The van der Waals surface area contributed by atoms with Crippen LogP contribution in [0.2, 0.25) is 0 Å². The average Bonchev–Trinajstić information content (AvgIpc) is 2.79. The first-order valence-corrected chi connectivity index (χ1v) is 11.1. The number of amides is 1. The summed E-state index contributed by atoms with van der Waals surface area (Å²) in [6, 6.07) is 21.9. The fraction of sp³-hybridized carbons (Fsp3) is 0.200. The lowest BCUT2D eigenvalue weighted by Crippen LogP contribution is -2.16. The molecule has 0 aromatic heterocycles. The third-order valence-corrected chi connectivity index (χ3v) is 5.50. The lowest BCUT2D eigenvalue weighted by molar-refractivity contribution is -0.115. The van der Waals surface area contributed by atoms with Crippen molar-refractivity contribution in [2.45, 2.75) is 23.1 Å². The molecule has 166 valence electrons. The molecule has 0 saturated carbocycles. The Bertz CT molecular complexity index is 1030. The van der Waals surface area contributed by atoms with Crippen molar-refractivity contribution in [1.82, 2.24) is 0 Å². The molecule has 0 aliphatic carbocycles. The van der Waals surface area contributed by atoms with Gasteiger partial charge in [0.25, 0.3) is 0 Å². The molecule has 0 atom stereocenters. The Hall–Kier alpha value is -3.29. The van der Waals surface area contributed by atoms with Gasteiger partial charge in [-0.2, -0.15) is 0 Å². The van der Waals surface area contributed by atoms with Crippen molar-refractivity contribution >= 4 is 29.3 Å². The van der Waals surface area contributed by atoms with Gasteiger partial charge < -0.3 is 19.9 Å². The summed E-state index contributed by atoms with van der Waals surface area (Å²) in [5.74, 6) is -0.536. The standard InChI is InChI=1S/C25H25NO5S/c1-2-30-15-16-31-19-9-13-21(14-10-19)32-20-11-7-18(8-12-20)17-24(27)26-23-6-4-3-5-22(23)25(28)29/h3-14H,2,15-17H2,1H3,(H,26,27)(H,28,29). The number of benzene rings is 3. The summed E-state index contributed by atoms with van der Waals surface area (Å²) >= 11 is 1.62. The number of hydrogen-bond donors (Lipinski definition) is 2. The van der Waals surface area contributed by atoms with Crippen LogP contribution in [0.15, 0.2) is 82.6 Å². The third kappa shape index (κ3) is 7.14. The van der Waals surface area contributed by atoms with E-state index in [0.717, 1.165) is 21.1 Å². The van der Waals surface area contributed by atoms with Crippen LogP contribution in [0, 0.1) is 0 Å². The van der Waals surface area contributed by atoms with Crippen LogP contribution in [0.25, 0.3) is 0 Å². The average molecular weight is 452 g/mol. The highest BCUT2D eigenvalue weighted by molar-refractivity contribution is 7.99. The largest absolute Gasteiger partial charge is 0.491 e. The van der Waals surface area contributed by atoms with Crippen LogP contribution in [0.1, 0.15) is 22.8 Å². The Labute approximate surface area is 191 Å². The van der Waals surface area contributed by atoms with Crippen molar-refractivity contribution in [2.75, 3.05) is 25.1 Å². The second kappa shape index (κ2) is 11.9. The predicted molar refractivity (Wildman–Crippen MR) is 125 cm³/mol. The van der Waals surface area contributed by atoms with E-state index in [0.29, 0.717) is 25.5 Å². The molecule has 0 aliphatic rings. The minimum atomic E-state index is -1.08. The van der Waals surface area contributed by atoms with Crippen molar-refractivity contribution in [2.24, 2.45) is 0 Å². The number of carboxylic acids is 1. The Morgan fingerprint density at radius 2 is 1.56 bits per heavy atom. The summed E-state index contributed by atoms with van der Waals surface area (Å²) in [7, 11) is 0. The molecular weight excluding hydrogens is 426 g/mol. The molecule has 3 aromatic rings. The van der Waals surface area contributed by atoms with Crippen molar-refractivity contribution in [3.63, 3.8) is 0 Å². The van der Waals surface area contributed by atoms with Crippen LogP contribution in [0.4, 0.5) is 5.69 Å². The molecule has 3 rings (SSSR count). The third-order valence-electron chi connectivity index (χ3n) is 4.48. The maximum absolute atomic E-state index is 12.3. The molecule has 0 saturated heterocycles. The maximum Gasteiger partial charge on any atom is 0.337 e. The van der Waals surface area contributed by atoms with Gasteiger partial charge in [0.05, 0.1) is 24.3 Å². The van der Waals surface area contributed by atoms with Gasteiger partial charge in [0.2, 0.25) is 5.91 Å². The summed E-state index contributed by atoms with van der Waals surface area (Å²) in [6.07, 6.45) is 0.159. The second-order valence-electron chi connectivity index (χ2n) is 6.84. The summed E-state index contributed by atoms with van der Waals surface area (Å²) in [5.41, 5.74) is 1.21. The van der Waals surface area contributed by atoms with E-state index < -0.39 is 5.97 Å². The molecule has 0 aliphatic heterocycles. The molecule has 6 nitrogen and oxygen atoms in total. The molecule has 0 unspecified atom stereocenters. The first-order valence-electron chi connectivity index (χ1n) is 10.2. The zero-order chi connectivity index (χ0) is 22.8. The van der Waals surface area contributed by atoms with E-state index in [1.54, 1.807) is 30.0 Å². The minimum Gasteiger partial charge on any atom is -0.491 e. The van der Waals surface area contributed by atoms with E-state index in [-0.39, 0.29) is 17.9 Å². The molecule has 0 bridgehead atoms. The van der Waals surface area contributed by atoms with Gasteiger partial charge in [-0.25, -0.2) is 4.79 Å². The first-order chi connectivity index (χ1) is 15.5. The Kier molecular flexibility index (Phi) is 8.71. The van der Waals surface area contributed by atoms with Gasteiger partial charge in [0.1, 0.15) is 12.4 Å². The number of nitrogens with one attached hydrogen (secondary N) is 1. The van der Waals surface area contributed by atoms with E-state index in [1.807, 2.05) is 55.5 Å². The van der Waals surface area contributed by atoms with Gasteiger partial charge in [-0.1, -0.05) is 36.0 Å². The summed E-state index contributed by atoms with van der Waals surface area (Å²) in [4.78, 5) is 25.8. The van der Waals surface area contributed by atoms with E-state index in [1.165, 1.54) is 6.07 Å². The maximum atomic E-state index is 12.3. The van der Waals surface area contributed by atoms with Crippen molar-refractivity contribution in [1.29, 1.82) is 0 Å². The molecule has 32 heavy (non-hydrogen) atoms. The quantitative estimate of drug-likeness (QED) is 0.393. The van der Waals surface area contributed by atoms with Gasteiger partial charge in [-0.3, -0.25) is 4.79 Å². The summed E-state index contributed by atoms with van der Waals surface area (Å²) in [6.45, 7) is 3.73. The van der Waals surface area contributed by atoms with Crippen LogP contribution in [0.3, 0.4) is 0 Å². The van der Waals surface area contributed by atoms with Gasteiger partial charge >= 0.3 is 5.97 Å². The minimum absolute atomic E-state index is 0.0679. The number of carboxylic acid groups (broad SMARTS) is 1. The topological polar surface area (TPSA) is 84.9 Å². The van der Waals surface area contributed by atoms with Gasteiger partial charge in [0.15, 0.2) is 0 Å². The van der Waals surface area contributed by atoms with E-state index in [9.17, 15) is 14.7 Å². The summed E-state index contributed by atoms with van der Waals surface area (Å²) in [5, 5.41) is 11.9. The van der Waals surface area contributed by atoms with E-state index >= 15 is 0 Å². The number of ether oxygens (including phenoxy) is 2. The first kappa shape index (κ1) is 23.4. The lowest BCUT2D eigenvalue weighted by atomic mass is 10.1. The normalized spacial score (nSPS) is 10.5. The zero-order valence-electron chi connectivity index (χ0n) is 17.7. The fourth-order valence-corrected chi connectivity index (χ4v) is 3.75. The van der Waals surface area contributed by atoms with Crippen molar-refractivity contribution in [3.05, 3.63) is 83.9 Å². The van der Waals surface area contributed by atoms with Crippen molar-refractivity contribution < 1.29 is 24.2 Å². The number of hydrogen-bond acceptors (Lipinski definition) is 5. The molecule has 0 spiro atoms. The predicted octanol–water partition coefficient (Wildman–Crippen LogP) is 5.13. The Morgan fingerprint density at radius 1 is 0.906 bits per heavy atom.